The average molecular weight is 468 g/mol. The molecule has 0 aliphatic rings. The van der Waals surface area contributed by atoms with Crippen molar-refractivity contribution in [3.8, 4) is 28.3 Å². The predicted molar refractivity (Wildman–Crippen MR) is 142 cm³/mol. The van der Waals surface area contributed by atoms with Gasteiger partial charge in [0.1, 0.15) is 5.75 Å². The van der Waals surface area contributed by atoms with Crippen molar-refractivity contribution in [1.82, 2.24) is 15.0 Å². The van der Waals surface area contributed by atoms with Gasteiger partial charge in [0.05, 0.1) is 39.7 Å². The molecule has 0 fully saturated rings. The lowest BCUT2D eigenvalue weighted by Gasteiger charge is -2.11. The number of esters is 1. The number of fused-ring (bicyclic) bond motifs is 2. The highest BCUT2D eigenvalue weighted by Gasteiger charge is 2.16. The maximum absolute atomic E-state index is 13.3. The fourth-order valence-corrected chi connectivity index (χ4v) is 4.17. The zero-order chi connectivity index (χ0) is 24.5. The zero-order valence-corrected chi connectivity index (χ0v) is 19.6. The maximum atomic E-state index is 13.3. The Balaban J connectivity index is 1.30. The van der Waals surface area contributed by atoms with Gasteiger partial charge >= 0.3 is 5.97 Å². The largest absolute Gasteiger partial charge is 0.423 e. The van der Waals surface area contributed by atoms with Crippen LogP contribution in [0.15, 0.2) is 109 Å². The van der Waals surface area contributed by atoms with Gasteiger partial charge in [-0.2, -0.15) is 0 Å². The molecule has 0 spiro atoms. The molecule has 2 heterocycles. The van der Waals surface area contributed by atoms with Crippen molar-refractivity contribution in [2.75, 3.05) is 0 Å². The highest BCUT2D eigenvalue weighted by molar-refractivity contribution is 6.05. The van der Waals surface area contributed by atoms with Gasteiger partial charge in [0.2, 0.25) is 0 Å². The van der Waals surface area contributed by atoms with Crippen LogP contribution in [-0.4, -0.2) is 20.9 Å². The van der Waals surface area contributed by atoms with E-state index < -0.39 is 5.97 Å². The summed E-state index contributed by atoms with van der Waals surface area (Å²) in [5, 5.41) is 0.751. The topological polar surface area (TPSA) is 65.0 Å². The number of aryl methyl sites for hydroxylation is 1. The molecule has 0 unspecified atom stereocenters. The van der Waals surface area contributed by atoms with E-state index in [0.717, 1.165) is 50.0 Å². The normalized spacial score (nSPS) is 11.0. The average Bonchev–Trinajstić information content (AvgIpc) is 2.93. The standard InChI is InChI=1S/C31H21N3O2/c1-20-10-12-21(13-11-20)29-18-25(24-6-2-3-7-26(24)33-29)31(35)36-23-16-14-22(15-17-23)30-19-32-27-8-4-5-9-28(27)34-30/h2-19H,1H3. The molecule has 4 aromatic carbocycles. The second-order valence-corrected chi connectivity index (χ2v) is 8.60. The molecule has 0 atom stereocenters. The van der Waals surface area contributed by atoms with E-state index in [1.54, 1.807) is 24.4 Å². The van der Waals surface area contributed by atoms with Crippen LogP contribution in [0.2, 0.25) is 0 Å². The number of hydrogen-bond donors (Lipinski definition) is 0. The SMILES string of the molecule is Cc1ccc(-c2cc(C(=O)Oc3ccc(-c4cnc5ccccc5n4)cc3)c3ccccc3n2)cc1. The number of para-hydroxylation sites is 3. The first-order valence-corrected chi connectivity index (χ1v) is 11.7. The van der Waals surface area contributed by atoms with Gasteiger partial charge in [0.25, 0.3) is 0 Å². The van der Waals surface area contributed by atoms with Crippen LogP contribution in [-0.2, 0) is 0 Å². The van der Waals surface area contributed by atoms with Crippen LogP contribution in [0.5, 0.6) is 5.75 Å². The van der Waals surface area contributed by atoms with Crippen LogP contribution < -0.4 is 4.74 Å². The van der Waals surface area contributed by atoms with E-state index in [9.17, 15) is 4.79 Å². The number of ether oxygens (including phenoxy) is 1. The molecular weight excluding hydrogens is 446 g/mol. The van der Waals surface area contributed by atoms with Gasteiger partial charge in [-0.25, -0.2) is 14.8 Å². The maximum Gasteiger partial charge on any atom is 0.344 e. The molecule has 0 aliphatic carbocycles. The first-order chi connectivity index (χ1) is 17.6. The summed E-state index contributed by atoms with van der Waals surface area (Å²) in [5.74, 6) is 0.0236. The molecule has 2 aromatic heterocycles. The summed E-state index contributed by atoms with van der Waals surface area (Å²) in [5.41, 5.74) is 7.39. The van der Waals surface area contributed by atoms with Crippen LogP contribution in [0.25, 0.3) is 44.5 Å². The summed E-state index contributed by atoms with van der Waals surface area (Å²) >= 11 is 0. The Labute approximate surface area is 208 Å². The van der Waals surface area contributed by atoms with Crippen molar-refractivity contribution in [3.63, 3.8) is 0 Å². The minimum atomic E-state index is -0.430. The second-order valence-electron chi connectivity index (χ2n) is 8.60. The van der Waals surface area contributed by atoms with Crippen LogP contribution in [0.4, 0.5) is 0 Å². The fourth-order valence-electron chi connectivity index (χ4n) is 4.17. The Hall–Kier alpha value is -4.90. The first kappa shape index (κ1) is 21.6. The summed E-state index contributed by atoms with van der Waals surface area (Å²) in [7, 11) is 0. The molecule has 5 heteroatoms. The van der Waals surface area contributed by atoms with Gasteiger partial charge in [-0.1, -0.05) is 60.2 Å². The second kappa shape index (κ2) is 9.04. The molecule has 0 radical (unpaired) electrons. The van der Waals surface area contributed by atoms with E-state index in [1.165, 1.54) is 0 Å². The highest BCUT2D eigenvalue weighted by atomic mass is 16.5. The van der Waals surface area contributed by atoms with Gasteiger partial charge in [-0.15, -0.1) is 0 Å². The van der Waals surface area contributed by atoms with Crippen molar-refractivity contribution >= 4 is 27.9 Å². The molecule has 6 aromatic rings. The van der Waals surface area contributed by atoms with Crippen LogP contribution in [0.3, 0.4) is 0 Å². The lowest BCUT2D eigenvalue weighted by molar-refractivity contribution is 0.0737. The van der Waals surface area contributed by atoms with Crippen LogP contribution >= 0.6 is 0 Å². The number of carbonyl (C=O) groups excluding carboxylic acids is 1. The van der Waals surface area contributed by atoms with Gasteiger partial charge in [0, 0.05) is 16.5 Å². The molecule has 0 amide bonds. The third-order valence-electron chi connectivity index (χ3n) is 6.09. The third-order valence-corrected chi connectivity index (χ3v) is 6.09. The quantitative estimate of drug-likeness (QED) is 0.205. The zero-order valence-electron chi connectivity index (χ0n) is 19.6. The van der Waals surface area contributed by atoms with Crippen LogP contribution in [0.1, 0.15) is 15.9 Å². The molecular formula is C31H21N3O2. The lowest BCUT2D eigenvalue weighted by Crippen LogP contribution is -2.10. The Morgan fingerprint density at radius 1 is 0.667 bits per heavy atom. The summed E-state index contributed by atoms with van der Waals surface area (Å²) in [6.07, 6.45) is 1.75. The van der Waals surface area contributed by atoms with Gasteiger partial charge in [0.15, 0.2) is 0 Å². The Kier molecular flexibility index (Phi) is 5.43. The summed E-state index contributed by atoms with van der Waals surface area (Å²) in [4.78, 5) is 27.2. The van der Waals surface area contributed by atoms with Crippen molar-refractivity contribution in [2.45, 2.75) is 6.92 Å². The van der Waals surface area contributed by atoms with E-state index >= 15 is 0 Å². The summed E-state index contributed by atoms with van der Waals surface area (Å²) in [6, 6.07) is 32.5. The number of rotatable bonds is 4. The smallest absolute Gasteiger partial charge is 0.344 e. The third kappa shape index (κ3) is 4.18. The summed E-state index contributed by atoms with van der Waals surface area (Å²) < 4.78 is 5.78. The molecule has 6 rings (SSSR count). The first-order valence-electron chi connectivity index (χ1n) is 11.7. The van der Waals surface area contributed by atoms with Gasteiger partial charge < -0.3 is 4.74 Å². The van der Waals surface area contributed by atoms with E-state index in [2.05, 4.69) is 9.97 Å². The number of benzene rings is 4. The minimum Gasteiger partial charge on any atom is -0.423 e. The fraction of sp³-hybridized carbons (Fsp3) is 0.0323. The monoisotopic (exact) mass is 467 g/mol. The van der Waals surface area contributed by atoms with Crippen molar-refractivity contribution in [2.24, 2.45) is 0 Å². The Morgan fingerprint density at radius 3 is 2.06 bits per heavy atom. The van der Waals surface area contributed by atoms with E-state index in [1.807, 2.05) is 91.9 Å². The number of hydrogen-bond acceptors (Lipinski definition) is 5. The van der Waals surface area contributed by atoms with Crippen molar-refractivity contribution in [1.29, 1.82) is 0 Å². The predicted octanol–water partition coefficient (Wildman–Crippen LogP) is 7.04. The Bertz CT molecular complexity index is 1730. The summed E-state index contributed by atoms with van der Waals surface area (Å²) in [6.45, 7) is 2.04. The van der Waals surface area contributed by atoms with Crippen LogP contribution in [0, 0.1) is 6.92 Å². The van der Waals surface area contributed by atoms with Crippen molar-refractivity contribution in [3.05, 3.63) is 120 Å². The number of pyridine rings is 1. The minimum absolute atomic E-state index is 0.430. The molecule has 0 bridgehead atoms. The number of carbonyl (C=O) groups is 1. The number of aromatic nitrogens is 3. The molecule has 5 nitrogen and oxygen atoms in total. The Morgan fingerprint density at radius 2 is 1.28 bits per heavy atom. The molecule has 0 aliphatic heterocycles. The molecule has 0 saturated carbocycles. The van der Waals surface area contributed by atoms with E-state index in [-0.39, 0.29) is 0 Å². The molecule has 36 heavy (non-hydrogen) atoms. The molecule has 0 N–H and O–H groups in total. The number of nitrogens with zero attached hydrogens (tertiary/aromatic N) is 3. The van der Waals surface area contributed by atoms with Crippen molar-refractivity contribution < 1.29 is 9.53 Å². The van der Waals surface area contributed by atoms with Gasteiger partial charge in [-0.3, -0.25) is 4.98 Å². The van der Waals surface area contributed by atoms with Gasteiger partial charge in [-0.05, 0) is 55.5 Å². The highest BCUT2D eigenvalue weighted by Crippen LogP contribution is 2.27. The molecule has 0 saturated heterocycles. The van der Waals surface area contributed by atoms with E-state index in [0.29, 0.717) is 11.3 Å². The lowest BCUT2D eigenvalue weighted by atomic mass is 10.0. The van der Waals surface area contributed by atoms with E-state index in [4.69, 9.17) is 9.72 Å². The molecule has 172 valence electrons.